The van der Waals surface area contributed by atoms with Gasteiger partial charge in [-0.2, -0.15) is 0 Å². The lowest BCUT2D eigenvalue weighted by molar-refractivity contribution is 0.475. The first-order valence-electron chi connectivity index (χ1n) is 6.04. The number of nitrogens with two attached hydrogens (primary N) is 1. The highest BCUT2D eigenvalue weighted by Crippen LogP contribution is 2.29. The molecule has 0 bridgehead atoms. The van der Waals surface area contributed by atoms with Crippen LogP contribution in [0.2, 0.25) is 0 Å². The van der Waals surface area contributed by atoms with Crippen molar-refractivity contribution in [3.05, 3.63) is 48.7 Å². The quantitative estimate of drug-likeness (QED) is 0.746. The predicted molar refractivity (Wildman–Crippen MR) is 74.5 cm³/mol. The molecule has 0 spiro atoms. The van der Waals surface area contributed by atoms with Gasteiger partial charge in [0, 0.05) is 18.0 Å². The highest BCUT2D eigenvalue weighted by atomic mass is 19.1. The second kappa shape index (κ2) is 5.12. The third-order valence-corrected chi connectivity index (χ3v) is 2.84. The summed E-state index contributed by atoms with van der Waals surface area (Å²) in [6.45, 7) is 0. The first-order chi connectivity index (χ1) is 10.1. The summed E-state index contributed by atoms with van der Waals surface area (Å²) < 4.78 is 13.8. The molecule has 0 amide bonds. The van der Waals surface area contributed by atoms with Crippen molar-refractivity contribution in [2.75, 3.05) is 5.73 Å². The number of pyridine rings is 2. The number of nitrogens with zero attached hydrogens (tertiary/aromatic N) is 4. The van der Waals surface area contributed by atoms with E-state index in [1.165, 1.54) is 30.6 Å². The summed E-state index contributed by atoms with van der Waals surface area (Å²) in [6.07, 6.45) is 4.03. The van der Waals surface area contributed by atoms with Gasteiger partial charge >= 0.3 is 0 Å². The number of hydrogen-bond acceptors (Lipinski definition) is 6. The smallest absolute Gasteiger partial charge is 0.220 e. The van der Waals surface area contributed by atoms with Crippen molar-refractivity contribution in [3.8, 4) is 28.4 Å². The van der Waals surface area contributed by atoms with E-state index in [1.807, 2.05) is 0 Å². The van der Waals surface area contributed by atoms with Crippen LogP contribution in [0.1, 0.15) is 0 Å². The van der Waals surface area contributed by atoms with Crippen LogP contribution in [0.25, 0.3) is 22.6 Å². The molecule has 0 unspecified atom stereocenters. The predicted octanol–water partition coefficient (Wildman–Crippen LogP) is 2.03. The van der Waals surface area contributed by atoms with E-state index < -0.39 is 5.82 Å². The molecule has 0 saturated carbocycles. The summed E-state index contributed by atoms with van der Waals surface area (Å²) in [5, 5.41) is 9.93. The molecule has 21 heavy (non-hydrogen) atoms. The van der Waals surface area contributed by atoms with E-state index in [1.54, 1.807) is 6.07 Å². The molecule has 3 N–H and O–H groups in total. The molecule has 0 saturated heterocycles. The highest BCUT2D eigenvalue weighted by Gasteiger charge is 2.13. The van der Waals surface area contributed by atoms with Gasteiger partial charge in [0.05, 0.1) is 17.6 Å². The van der Waals surface area contributed by atoms with E-state index in [0.717, 1.165) is 6.20 Å². The van der Waals surface area contributed by atoms with E-state index in [0.29, 0.717) is 11.4 Å². The van der Waals surface area contributed by atoms with Crippen LogP contribution in [-0.2, 0) is 0 Å². The van der Waals surface area contributed by atoms with Crippen molar-refractivity contribution in [2.24, 2.45) is 0 Å². The number of anilines is 1. The Balaban J connectivity index is 2.15. The van der Waals surface area contributed by atoms with Gasteiger partial charge in [0.15, 0.2) is 5.82 Å². The molecule has 0 fully saturated rings. The third kappa shape index (κ3) is 2.48. The van der Waals surface area contributed by atoms with Crippen molar-refractivity contribution in [2.45, 2.75) is 0 Å². The Hall–Kier alpha value is -3.09. The number of nitrogen functional groups attached to an aromatic ring is 1. The zero-order valence-electron chi connectivity index (χ0n) is 10.7. The van der Waals surface area contributed by atoms with Gasteiger partial charge in [-0.3, -0.25) is 4.98 Å². The van der Waals surface area contributed by atoms with Gasteiger partial charge < -0.3 is 10.8 Å². The molecular weight excluding hydrogens is 273 g/mol. The van der Waals surface area contributed by atoms with E-state index >= 15 is 0 Å². The van der Waals surface area contributed by atoms with Gasteiger partial charge in [-0.15, -0.1) is 0 Å². The minimum Gasteiger partial charge on any atom is -0.506 e. The molecule has 0 aliphatic rings. The Bertz CT molecular complexity index is 809. The normalized spacial score (nSPS) is 10.5. The number of rotatable bonds is 2. The number of aromatic nitrogens is 4. The zero-order chi connectivity index (χ0) is 14.8. The van der Waals surface area contributed by atoms with Crippen LogP contribution in [0, 0.1) is 5.82 Å². The van der Waals surface area contributed by atoms with Gasteiger partial charge in [0.1, 0.15) is 11.4 Å². The highest BCUT2D eigenvalue weighted by molar-refractivity contribution is 5.69. The molecule has 0 aliphatic carbocycles. The van der Waals surface area contributed by atoms with E-state index in [9.17, 15) is 9.50 Å². The summed E-state index contributed by atoms with van der Waals surface area (Å²) in [5.41, 5.74) is 6.73. The Morgan fingerprint density at radius 3 is 2.62 bits per heavy atom. The second-order valence-corrected chi connectivity index (χ2v) is 4.22. The van der Waals surface area contributed by atoms with Crippen molar-refractivity contribution in [3.63, 3.8) is 0 Å². The van der Waals surface area contributed by atoms with Crippen LogP contribution in [0.3, 0.4) is 0 Å². The lowest BCUT2D eigenvalue weighted by Crippen LogP contribution is -1.97. The Labute approximate surface area is 119 Å². The standard InChI is InChI=1S/C14H10FN5O/c15-9-7-17-5-3-8(9)10-1-2-12(21)13(19-10)11-4-6-18-14(16)20-11/h1-7,21H,(H2,16,18,20). The zero-order valence-corrected chi connectivity index (χ0v) is 10.7. The number of halogens is 1. The first kappa shape index (κ1) is 12.9. The van der Waals surface area contributed by atoms with Crippen LogP contribution in [0.4, 0.5) is 10.3 Å². The molecule has 0 aromatic carbocycles. The molecule has 104 valence electrons. The molecule has 0 aliphatic heterocycles. The molecular formula is C14H10FN5O. The molecule has 0 radical (unpaired) electrons. The van der Waals surface area contributed by atoms with Crippen molar-refractivity contribution >= 4 is 5.95 Å². The topological polar surface area (TPSA) is 97.8 Å². The Morgan fingerprint density at radius 1 is 1.00 bits per heavy atom. The van der Waals surface area contributed by atoms with Crippen molar-refractivity contribution < 1.29 is 9.50 Å². The van der Waals surface area contributed by atoms with Crippen LogP contribution in [0.5, 0.6) is 5.75 Å². The van der Waals surface area contributed by atoms with Crippen LogP contribution in [0.15, 0.2) is 42.9 Å². The lowest BCUT2D eigenvalue weighted by atomic mass is 10.1. The maximum Gasteiger partial charge on any atom is 0.220 e. The maximum atomic E-state index is 13.8. The molecule has 3 rings (SSSR count). The number of aromatic hydroxyl groups is 1. The van der Waals surface area contributed by atoms with Crippen molar-refractivity contribution in [1.29, 1.82) is 0 Å². The van der Waals surface area contributed by atoms with E-state index in [4.69, 9.17) is 5.73 Å². The van der Waals surface area contributed by atoms with Gasteiger partial charge in [-0.25, -0.2) is 19.3 Å². The maximum absolute atomic E-state index is 13.8. The Morgan fingerprint density at radius 2 is 1.86 bits per heavy atom. The minimum atomic E-state index is -0.496. The van der Waals surface area contributed by atoms with Gasteiger partial charge in [0.25, 0.3) is 0 Å². The fraction of sp³-hybridized carbons (Fsp3) is 0. The van der Waals surface area contributed by atoms with Gasteiger partial charge in [0.2, 0.25) is 5.95 Å². The fourth-order valence-corrected chi connectivity index (χ4v) is 1.88. The lowest BCUT2D eigenvalue weighted by Gasteiger charge is -2.07. The average molecular weight is 283 g/mol. The van der Waals surface area contributed by atoms with Crippen LogP contribution >= 0.6 is 0 Å². The third-order valence-electron chi connectivity index (χ3n) is 2.84. The summed E-state index contributed by atoms with van der Waals surface area (Å²) in [5.74, 6) is -0.510. The van der Waals surface area contributed by atoms with Gasteiger partial charge in [-0.1, -0.05) is 0 Å². The monoisotopic (exact) mass is 283 g/mol. The van der Waals surface area contributed by atoms with Crippen LogP contribution in [-0.4, -0.2) is 25.0 Å². The van der Waals surface area contributed by atoms with E-state index in [2.05, 4.69) is 19.9 Å². The summed E-state index contributed by atoms with van der Waals surface area (Å²) >= 11 is 0. The first-order valence-corrected chi connectivity index (χ1v) is 6.04. The summed E-state index contributed by atoms with van der Waals surface area (Å²) in [7, 11) is 0. The molecule has 3 aromatic rings. The Kier molecular flexibility index (Phi) is 3.15. The minimum absolute atomic E-state index is 0.0641. The summed E-state index contributed by atoms with van der Waals surface area (Å²) in [6, 6.07) is 6.01. The second-order valence-electron chi connectivity index (χ2n) is 4.22. The molecule has 3 aromatic heterocycles. The van der Waals surface area contributed by atoms with Crippen LogP contribution < -0.4 is 5.73 Å². The molecule has 7 heteroatoms. The van der Waals surface area contributed by atoms with Gasteiger partial charge in [-0.05, 0) is 24.3 Å². The molecule has 6 nitrogen and oxygen atoms in total. The summed E-state index contributed by atoms with van der Waals surface area (Å²) in [4.78, 5) is 15.7. The SMILES string of the molecule is Nc1nccc(-c2nc(-c3ccncc3F)ccc2O)n1. The molecule has 0 atom stereocenters. The average Bonchev–Trinajstić information content (AvgIpc) is 2.48. The van der Waals surface area contributed by atoms with Crippen molar-refractivity contribution in [1.82, 2.24) is 19.9 Å². The number of hydrogen-bond donors (Lipinski definition) is 2. The fourth-order valence-electron chi connectivity index (χ4n) is 1.88. The van der Waals surface area contributed by atoms with E-state index in [-0.39, 0.29) is 23.0 Å². The largest absolute Gasteiger partial charge is 0.506 e. The molecule has 3 heterocycles.